The minimum atomic E-state index is -0.783. The Morgan fingerprint density at radius 1 is 1.29 bits per heavy atom. The first-order valence-corrected chi connectivity index (χ1v) is 6.36. The second-order valence-corrected chi connectivity index (χ2v) is 4.98. The molecule has 1 heterocycles. The van der Waals surface area contributed by atoms with Gasteiger partial charge in [-0.1, -0.05) is 12.1 Å². The molecule has 1 fully saturated rings. The molecular weight excluding hydrogens is 214 g/mol. The Morgan fingerprint density at radius 2 is 2.12 bits per heavy atom. The van der Waals surface area contributed by atoms with Crippen molar-refractivity contribution in [3.63, 3.8) is 0 Å². The van der Waals surface area contributed by atoms with Crippen molar-refractivity contribution in [3.8, 4) is 0 Å². The van der Waals surface area contributed by atoms with Gasteiger partial charge in [-0.15, -0.1) is 0 Å². The normalized spacial score (nSPS) is 23.9. The highest BCUT2D eigenvalue weighted by Crippen LogP contribution is 2.38. The Labute approximate surface area is 101 Å². The second kappa shape index (κ2) is 4.15. The minimum absolute atomic E-state index is 0.347. The van der Waals surface area contributed by atoms with Gasteiger partial charge >= 0.3 is 5.97 Å². The molecule has 1 aliphatic heterocycles. The van der Waals surface area contributed by atoms with E-state index in [-0.39, 0.29) is 0 Å². The average molecular weight is 231 g/mol. The van der Waals surface area contributed by atoms with Gasteiger partial charge in [-0.25, -0.2) is 4.79 Å². The van der Waals surface area contributed by atoms with E-state index in [4.69, 9.17) is 0 Å². The lowest BCUT2D eigenvalue weighted by atomic mass is 9.82. The van der Waals surface area contributed by atoms with E-state index in [9.17, 15) is 9.90 Å². The van der Waals surface area contributed by atoms with E-state index in [1.165, 1.54) is 18.4 Å². The van der Waals surface area contributed by atoms with Crippen LogP contribution in [0.3, 0.4) is 0 Å². The zero-order valence-corrected chi connectivity index (χ0v) is 9.85. The van der Waals surface area contributed by atoms with Crippen LogP contribution in [0.5, 0.6) is 0 Å². The fourth-order valence-electron chi connectivity index (χ4n) is 3.06. The van der Waals surface area contributed by atoms with Crippen molar-refractivity contribution >= 4 is 5.97 Å². The molecule has 1 atom stereocenters. The zero-order valence-electron chi connectivity index (χ0n) is 9.85. The van der Waals surface area contributed by atoms with Crippen molar-refractivity contribution in [2.24, 2.45) is 0 Å². The maximum absolute atomic E-state index is 11.3. The average Bonchev–Trinajstić information content (AvgIpc) is 2.26. The monoisotopic (exact) mass is 231 g/mol. The van der Waals surface area contributed by atoms with E-state index < -0.39 is 5.97 Å². The summed E-state index contributed by atoms with van der Waals surface area (Å²) in [6.45, 7) is 2.25. The molecule has 2 aliphatic rings. The summed E-state index contributed by atoms with van der Waals surface area (Å²) in [6.07, 6.45) is 4.57. The first-order chi connectivity index (χ1) is 8.27. The van der Waals surface area contributed by atoms with Crippen LogP contribution in [0.4, 0.5) is 0 Å². The third kappa shape index (κ3) is 1.75. The van der Waals surface area contributed by atoms with E-state index in [2.05, 4.69) is 11.0 Å². The number of hydrogen-bond donors (Lipinski definition) is 1. The summed E-state index contributed by atoms with van der Waals surface area (Å²) in [7, 11) is 0. The Bertz CT molecular complexity index is 452. The molecular formula is C14H17NO2. The van der Waals surface area contributed by atoms with Gasteiger partial charge in [0.05, 0.1) is 5.56 Å². The number of carbonyl (C=O) groups is 1. The summed E-state index contributed by atoms with van der Waals surface area (Å²) in [5.41, 5.74) is 2.85. The van der Waals surface area contributed by atoms with Crippen LogP contribution in [-0.2, 0) is 6.42 Å². The minimum Gasteiger partial charge on any atom is -0.478 e. The molecule has 1 saturated heterocycles. The topological polar surface area (TPSA) is 40.5 Å². The molecule has 90 valence electrons. The number of benzene rings is 1. The number of aryl methyl sites for hydroxylation is 1. The number of likely N-dealkylation sites (tertiary alicyclic amines) is 1. The fraction of sp³-hybridized carbons (Fsp3) is 0.500. The molecule has 0 radical (unpaired) electrons. The molecule has 1 aromatic rings. The Balaban J connectivity index is 2.06. The second-order valence-electron chi connectivity index (χ2n) is 4.98. The highest BCUT2D eigenvalue weighted by molar-refractivity contribution is 5.90. The van der Waals surface area contributed by atoms with Crippen LogP contribution in [0.1, 0.15) is 46.8 Å². The first kappa shape index (κ1) is 10.8. The van der Waals surface area contributed by atoms with E-state index in [0.717, 1.165) is 31.5 Å². The van der Waals surface area contributed by atoms with E-state index in [0.29, 0.717) is 11.6 Å². The Morgan fingerprint density at radius 3 is 2.76 bits per heavy atom. The van der Waals surface area contributed by atoms with Gasteiger partial charge in [-0.05, 0) is 56.0 Å². The van der Waals surface area contributed by atoms with Gasteiger partial charge in [-0.2, -0.15) is 0 Å². The predicted octanol–water partition coefficient (Wildman–Crippen LogP) is 2.47. The molecule has 1 N–H and O–H groups in total. The van der Waals surface area contributed by atoms with Gasteiger partial charge in [0.25, 0.3) is 0 Å². The van der Waals surface area contributed by atoms with Gasteiger partial charge in [0.15, 0.2) is 0 Å². The van der Waals surface area contributed by atoms with Crippen molar-refractivity contribution < 1.29 is 9.90 Å². The molecule has 17 heavy (non-hydrogen) atoms. The molecule has 1 unspecified atom stereocenters. The first-order valence-electron chi connectivity index (χ1n) is 6.36. The van der Waals surface area contributed by atoms with Crippen molar-refractivity contribution in [2.75, 3.05) is 13.1 Å². The van der Waals surface area contributed by atoms with Crippen LogP contribution in [0, 0.1) is 0 Å². The van der Waals surface area contributed by atoms with Crippen molar-refractivity contribution in [2.45, 2.75) is 31.7 Å². The summed E-state index contributed by atoms with van der Waals surface area (Å²) in [5, 5.41) is 9.31. The maximum Gasteiger partial charge on any atom is 0.336 e. The van der Waals surface area contributed by atoms with E-state index >= 15 is 0 Å². The summed E-state index contributed by atoms with van der Waals surface area (Å²) >= 11 is 0. The highest BCUT2D eigenvalue weighted by atomic mass is 16.4. The largest absolute Gasteiger partial charge is 0.478 e. The van der Waals surface area contributed by atoms with Gasteiger partial charge in [0.2, 0.25) is 0 Å². The van der Waals surface area contributed by atoms with Gasteiger partial charge in [0, 0.05) is 6.04 Å². The summed E-state index contributed by atoms with van der Waals surface area (Å²) < 4.78 is 0. The molecule has 0 spiro atoms. The number of nitrogens with zero attached hydrogens (tertiary/aromatic N) is 1. The standard InChI is InChI=1S/C14H17NO2/c16-14(17)11-6-1-4-10-5-2-7-12(13(10)11)15-8-3-9-15/h1,4,6,12H,2-3,5,7-9H2,(H,16,17). The van der Waals surface area contributed by atoms with Gasteiger partial charge in [0.1, 0.15) is 0 Å². The van der Waals surface area contributed by atoms with Crippen LogP contribution in [0.2, 0.25) is 0 Å². The van der Waals surface area contributed by atoms with Crippen LogP contribution in [0.15, 0.2) is 18.2 Å². The molecule has 1 aliphatic carbocycles. The lowest BCUT2D eigenvalue weighted by Gasteiger charge is -2.41. The molecule has 3 nitrogen and oxygen atoms in total. The Kier molecular flexibility index (Phi) is 2.63. The molecule has 0 amide bonds. The van der Waals surface area contributed by atoms with Crippen LogP contribution >= 0.6 is 0 Å². The highest BCUT2D eigenvalue weighted by Gasteiger charge is 2.32. The number of aromatic carboxylic acids is 1. The molecule has 3 rings (SSSR count). The predicted molar refractivity (Wildman–Crippen MR) is 65.3 cm³/mol. The molecule has 0 aromatic heterocycles. The lowest BCUT2D eigenvalue weighted by Crippen LogP contribution is -2.42. The van der Waals surface area contributed by atoms with Crippen molar-refractivity contribution in [1.82, 2.24) is 4.90 Å². The van der Waals surface area contributed by atoms with Gasteiger partial charge < -0.3 is 5.11 Å². The smallest absolute Gasteiger partial charge is 0.336 e. The number of rotatable bonds is 2. The molecule has 1 aromatic carbocycles. The van der Waals surface area contributed by atoms with Crippen LogP contribution in [0.25, 0.3) is 0 Å². The van der Waals surface area contributed by atoms with Crippen molar-refractivity contribution in [1.29, 1.82) is 0 Å². The Hall–Kier alpha value is -1.35. The zero-order chi connectivity index (χ0) is 11.8. The number of carboxylic acid groups (broad SMARTS) is 1. The summed E-state index contributed by atoms with van der Waals surface area (Å²) in [6, 6.07) is 6.06. The number of carboxylic acids is 1. The number of fused-ring (bicyclic) bond motifs is 1. The molecule has 0 bridgehead atoms. The van der Waals surface area contributed by atoms with E-state index in [1.54, 1.807) is 6.07 Å². The van der Waals surface area contributed by atoms with E-state index in [1.807, 2.05) is 6.07 Å². The number of hydrogen-bond acceptors (Lipinski definition) is 2. The maximum atomic E-state index is 11.3. The van der Waals surface area contributed by atoms with Gasteiger partial charge in [-0.3, -0.25) is 4.90 Å². The third-order valence-corrected chi connectivity index (χ3v) is 4.02. The SMILES string of the molecule is O=C(O)c1cccc2c1C(N1CCC1)CCC2. The quantitative estimate of drug-likeness (QED) is 0.850. The molecule has 0 saturated carbocycles. The van der Waals surface area contributed by atoms with Crippen LogP contribution in [-0.4, -0.2) is 29.1 Å². The molecule has 3 heteroatoms. The summed E-state index contributed by atoms with van der Waals surface area (Å²) in [4.78, 5) is 13.7. The van der Waals surface area contributed by atoms with Crippen LogP contribution < -0.4 is 0 Å². The third-order valence-electron chi connectivity index (χ3n) is 4.02. The fourth-order valence-corrected chi connectivity index (χ4v) is 3.06. The lowest BCUT2D eigenvalue weighted by molar-refractivity contribution is 0.0682. The van der Waals surface area contributed by atoms with Crippen molar-refractivity contribution in [3.05, 3.63) is 34.9 Å². The summed E-state index contributed by atoms with van der Waals surface area (Å²) in [5.74, 6) is -0.783.